The molecule has 0 saturated heterocycles. The lowest BCUT2D eigenvalue weighted by Gasteiger charge is -2.31. The van der Waals surface area contributed by atoms with Gasteiger partial charge in [0.1, 0.15) is 0 Å². The quantitative estimate of drug-likeness (QED) is 0.780. The van der Waals surface area contributed by atoms with E-state index in [2.05, 4.69) is 56.4 Å². The van der Waals surface area contributed by atoms with Crippen LogP contribution in [0.25, 0.3) is 0 Å². The Bertz CT molecular complexity index is 729. The average Bonchev–Trinajstić information content (AvgIpc) is 3.12. The maximum Gasteiger partial charge on any atom is 0.231 e. The summed E-state index contributed by atoms with van der Waals surface area (Å²) < 4.78 is 0. The van der Waals surface area contributed by atoms with Crippen molar-refractivity contribution in [3.8, 4) is 0 Å². The molecule has 1 fully saturated rings. The molecule has 25 heavy (non-hydrogen) atoms. The summed E-state index contributed by atoms with van der Waals surface area (Å²) in [5.41, 5.74) is 4.57. The average molecular weight is 335 g/mol. The molecule has 0 radical (unpaired) electrons. The number of amides is 1. The van der Waals surface area contributed by atoms with Crippen LogP contribution in [0.3, 0.4) is 0 Å². The third kappa shape index (κ3) is 3.49. The first-order valence-electron chi connectivity index (χ1n) is 9.50. The number of benzene rings is 2. The number of carbonyl (C=O) groups excluding carboxylic acids is 1. The van der Waals surface area contributed by atoms with E-state index in [0.29, 0.717) is 0 Å². The van der Waals surface area contributed by atoms with Gasteiger partial charge < -0.3 is 5.32 Å². The fraction of sp³-hybridized carbons (Fsp3) is 0.435. The van der Waals surface area contributed by atoms with Gasteiger partial charge in [0.25, 0.3) is 0 Å². The fourth-order valence-corrected chi connectivity index (χ4v) is 4.30. The maximum absolute atomic E-state index is 13.4. The van der Waals surface area contributed by atoms with E-state index < -0.39 is 0 Å². The summed E-state index contributed by atoms with van der Waals surface area (Å²) in [7, 11) is 0. The molecule has 0 heterocycles. The van der Waals surface area contributed by atoms with Crippen LogP contribution in [0.1, 0.15) is 67.3 Å². The summed E-state index contributed by atoms with van der Waals surface area (Å²) in [6.07, 6.45) is 5.06. The zero-order valence-electron chi connectivity index (χ0n) is 15.6. The smallest absolute Gasteiger partial charge is 0.231 e. The van der Waals surface area contributed by atoms with E-state index in [1.807, 2.05) is 18.2 Å². The molecule has 132 valence electrons. The second kappa shape index (κ2) is 7.43. The van der Waals surface area contributed by atoms with Gasteiger partial charge in [0.15, 0.2) is 0 Å². The predicted octanol–water partition coefficient (Wildman–Crippen LogP) is 5.38. The van der Waals surface area contributed by atoms with E-state index in [-0.39, 0.29) is 17.4 Å². The summed E-state index contributed by atoms with van der Waals surface area (Å²) in [5.74, 6) is 0.197. The van der Waals surface area contributed by atoms with Crippen LogP contribution < -0.4 is 5.32 Å². The highest BCUT2D eigenvalue weighted by Gasteiger charge is 2.43. The van der Waals surface area contributed by atoms with E-state index in [0.717, 1.165) is 32.1 Å². The van der Waals surface area contributed by atoms with Gasteiger partial charge in [0, 0.05) is 0 Å². The molecule has 1 amide bonds. The maximum atomic E-state index is 13.4. The van der Waals surface area contributed by atoms with E-state index in [1.165, 1.54) is 22.3 Å². The Morgan fingerprint density at radius 3 is 2.36 bits per heavy atom. The standard InChI is InChI=1S/C23H29NO/c1-4-21(20-13-12-17(2)16-18(20)3)24-22(25)23(14-8-9-15-23)19-10-6-5-7-11-19/h5-7,10-13,16,21H,4,8-9,14-15H2,1-3H3,(H,24,25). The van der Waals surface area contributed by atoms with Crippen molar-refractivity contribution in [3.63, 3.8) is 0 Å². The molecule has 3 rings (SSSR count). The third-order valence-electron chi connectivity index (χ3n) is 5.73. The second-order valence-corrected chi connectivity index (χ2v) is 7.45. The Kier molecular flexibility index (Phi) is 5.27. The summed E-state index contributed by atoms with van der Waals surface area (Å²) in [6.45, 7) is 6.40. The van der Waals surface area contributed by atoms with Crippen molar-refractivity contribution in [2.75, 3.05) is 0 Å². The Balaban J connectivity index is 1.88. The number of nitrogens with one attached hydrogen (secondary N) is 1. The molecule has 0 aromatic heterocycles. The molecule has 1 aliphatic carbocycles. The summed E-state index contributed by atoms with van der Waals surface area (Å²) in [5, 5.41) is 3.39. The lowest BCUT2D eigenvalue weighted by Crippen LogP contribution is -2.44. The normalized spacial score (nSPS) is 17.2. The minimum atomic E-state index is -0.354. The number of carbonyl (C=O) groups is 1. The lowest BCUT2D eigenvalue weighted by molar-refractivity contribution is -0.127. The van der Waals surface area contributed by atoms with Crippen molar-refractivity contribution < 1.29 is 4.79 Å². The van der Waals surface area contributed by atoms with E-state index >= 15 is 0 Å². The molecule has 1 unspecified atom stereocenters. The molecular formula is C23H29NO. The number of hydrogen-bond acceptors (Lipinski definition) is 1. The number of hydrogen-bond donors (Lipinski definition) is 1. The molecule has 0 bridgehead atoms. The molecule has 2 nitrogen and oxygen atoms in total. The van der Waals surface area contributed by atoms with Crippen LogP contribution >= 0.6 is 0 Å². The van der Waals surface area contributed by atoms with Gasteiger partial charge in [-0.2, -0.15) is 0 Å². The second-order valence-electron chi connectivity index (χ2n) is 7.45. The van der Waals surface area contributed by atoms with Crippen LogP contribution in [0.4, 0.5) is 0 Å². The number of aryl methyl sites for hydroxylation is 2. The van der Waals surface area contributed by atoms with Gasteiger partial charge in [-0.1, -0.05) is 73.9 Å². The Morgan fingerprint density at radius 2 is 1.76 bits per heavy atom. The van der Waals surface area contributed by atoms with Gasteiger partial charge in [0.05, 0.1) is 11.5 Å². The van der Waals surface area contributed by atoms with Crippen molar-refractivity contribution >= 4 is 5.91 Å². The Labute approximate surface area is 151 Å². The van der Waals surface area contributed by atoms with Crippen molar-refractivity contribution in [1.82, 2.24) is 5.32 Å². The van der Waals surface area contributed by atoms with Crippen LogP contribution in [-0.4, -0.2) is 5.91 Å². The third-order valence-corrected chi connectivity index (χ3v) is 5.73. The Hall–Kier alpha value is -2.09. The highest BCUT2D eigenvalue weighted by Crippen LogP contribution is 2.42. The van der Waals surface area contributed by atoms with E-state index in [4.69, 9.17) is 0 Å². The van der Waals surface area contributed by atoms with Gasteiger partial charge in [-0.25, -0.2) is 0 Å². The van der Waals surface area contributed by atoms with Crippen molar-refractivity contribution in [1.29, 1.82) is 0 Å². The minimum Gasteiger partial charge on any atom is -0.349 e. The Morgan fingerprint density at radius 1 is 1.08 bits per heavy atom. The fourth-order valence-electron chi connectivity index (χ4n) is 4.30. The molecule has 2 aromatic carbocycles. The van der Waals surface area contributed by atoms with Gasteiger partial charge >= 0.3 is 0 Å². The van der Waals surface area contributed by atoms with Crippen LogP contribution in [0.15, 0.2) is 48.5 Å². The summed E-state index contributed by atoms with van der Waals surface area (Å²) in [6, 6.07) is 16.9. The van der Waals surface area contributed by atoms with Gasteiger partial charge in [-0.15, -0.1) is 0 Å². The summed E-state index contributed by atoms with van der Waals surface area (Å²) in [4.78, 5) is 13.4. The minimum absolute atomic E-state index is 0.0780. The molecule has 1 saturated carbocycles. The van der Waals surface area contributed by atoms with Crippen molar-refractivity contribution in [2.45, 2.75) is 64.3 Å². The van der Waals surface area contributed by atoms with Gasteiger partial charge in [-0.3, -0.25) is 4.79 Å². The van der Waals surface area contributed by atoms with Gasteiger partial charge in [0.2, 0.25) is 5.91 Å². The zero-order valence-corrected chi connectivity index (χ0v) is 15.6. The molecule has 1 aliphatic rings. The molecule has 1 atom stereocenters. The van der Waals surface area contributed by atoms with Crippen LogP contribution in [0.2, 0.25) is 0 Å². The van der Waals surface area contributed by atoms with Crippen LogP contribution in [-0.2, 0) is 10.2 Å². The molecule has 1 N–H and O–H groups in total. The van der Waals surface area contributed by atoms with E-state index in [1.54, 1.807) is 0 Å². The first-order valence-corrected chi connectivity index (χ1v) is 9.50. The van der Waals surface area contributed by atoms with Crippen LogP contribution in [0.5, 0.6) is 0 Å². The largest absolute Gasteiger partial charge is 0.349 e. The molecular weight excluding hydrogens is 306 g/mol. The topological polar surface area (TPSA) is 29.1 Å². The number of rotatable bonds is 5. The van der Waals surface area contributed by atoms with E-state index in [9.17, 15) is 4.79 Å². The zero-order chi connectivity index (χ0) is 17.9. The molecule has 0 aliphatic heterocycles. The first kappa shape index (κ1) is 17.7. The summed E-state index contributed by atoms with van der Waals surface area (Å²) >= 11 is 0. The van der Waals surface area contributed by atoms with Crippen molar-refractivity contribution in [3.05, 3.63) is 70.8 Å². The molecule has 2 aromatic rings. The predicted molar refractivity (Wildman–Crippen MR) is 104 cm³/mol. The van der Waals surface area contributed by atoms with Gasteiger partial charge in [-0.05, 0) is 49.8 Å². The monoisotopic (exact) mass is 335 g/mol. The highest BCUT2D eigenvalue weighted by atomic mass is 16.2. The molecule has 0 spiro atoms. The highest BCUT2D eigenvalue weighted by molar-refractivity contribution is 5.89. The van der Waals surface area contributed by atoms with Crippen LogP contribution in [0, 0.1) is 13.8 Å². The lowest BCUT2D eigenvalue weighted by atomic mass is 9.77. The van der Waals surface area contributed by atoms with Crippen molar-refractivity contribution in [2.24, 2.45) is 0 Å². The molecule has 2 heteroatoms. The SMILES string of the molecule is CCC(NC(=O)C1(c2ccccc2)CCCC1)c1ccc(C)cc1C. The first-order chi connectivity index (χ1) is 12.1.